The van der Waals surface area contributed by atoms with Gasteiger partial charge in [0.05, 0.1) is 11.6 Å². The number of hydrogen-bond acceptors (Lipinski definition) is 4. The van der Waals surface area contributed by atoms with Crippen LogP contribution in [0.2, 0.25) is 0 Å². The summed E-state index contributed by atoms with van der Waals surface area (Å²) >= 11 is 3.41. The smallest absolute Gasteiger partial charge is 0.133 e. The van der Waals surface area contributed by atoms with Crippen molar-refractivity contribution in [1.29, 1.82) is 0 Å². The van der Waals surface area contributed by atoms with E-state index in [0.29, 0.717) is 13.1 Å². The fraction of sp³-hybridized carbons (Fsp3) is 0.400. The minimum Gasteiger partial charge on any atom is -0.496 e. The second-order valence-corrected chi connectivity index (χ2v) is 4.08. The Balaban J connectivity index is 2.59. The maximum absolute atomic E-state index is 5.69. The van der Waals surface area contributed by atoms with Crippen molar-refractivity contribution in [2.45, 2.75) is 6.04 Å². The van der Waals surface area contributed by atoms with E-state index < -0.39 is 0 Å². The van der Waals surface area contributed by atoms with Crippen molar-refractivity contribution in [3.8, 4) is 5.75 Å². The zero-order valence-electron chi connectivity index (χ0n) is 8.66. The van der Waals surface area contributed by atoms with E-state index in [-0.39, 0.29) is 6.04 Å². The van der Waals surface area contributed by atoms with Crippen LogP contribution in [0.25, 0.3) is 0 Å². The minimum atomic E-state index is -0.0223. The Bertz CT molecular complexity index is 320. The monoisotopic (exact) mass is 273 g/mol. The van der Waals surface area contributed by atoms with Gasteiger partial charge in [0.1, 0.15) is 5.75 Å². The number of anilines is 1. The number of nitrogens with two attached hydrogens (primary N) is 2. The summed E-state index contributed by atoms with van der Waals surface area (Å²) in [5.41, 5.74) is 12.1. The molecule has 0 aliphatic heterocycles. The van der Waals surface area contributed by atoms with Gasteiger partial charge in [-0.25, -0.2) is 0 Å². The van der Waals surface area contributed by atoms with Crippen LogP contribution >= 0.6 is 15.9 Å². The third-order valence-corrected chi connectivity index (χ3v) is 2.64. The topological polar surface area (TPSA) is 73.3 Å². The molecule has 0 aliphatic rings. The van der Waals surface area contributed by atoms with E-state index in [0.717, 1.165) is 15.9 Å². The molecule has 15 heavy (non-hydrogen) atoms. The number of halogens is 1. The highest BCUT2D eigenvalue weighted by molar-refractivity contribution is 9.10. The van der Waals surface area contributed by atoms with Crippen molar-refractivity contribution < 1.29 is 4.74 Å². The molecular weight excluding hydrogens is 258 g/mol. The SMILES string of the molecule is COc1ccc(NCC(N)CN)cc1Br. The molecule has 0 heterocycles. The van der Waals surface area contributed by atoms with Crippen LogP contribution in [0, 0.1) is 0 Å². The molecule has 0 radical (unpaired) electrons. The average molecular weight is 274 g/mol. The molecule has 1 aromatic rings. The molecule has 1 rings (SSSR count). The number of ether oxygens (including phenoxy) is 1. The second-order valence-electron chi connectivity index (χ2n) is 3.23. The summed E-state index contributed by atoms with van der Waals surface area (Å²) in [6.07, 6.45) is 0. The summed E-state index contributed by atoms with van der Waals surface area (Å²) in [7, 11) is 1.64. The second kappa shape index (κ2) is 5.95. The molecule has 1 atom stereocenters. The van der Waals surface area contributed by atoms with Crippen molar-refractivity contribution in [2.75, 3.05) is 25.5 Å². The Hall–Kier alpha value is -0.780. The lowest BCUT2D eigenvalue weighted by atomic mass is 10.2. The van der Waals surface area contributed by atoms with Gasteiger partial charge < -0.3 is 21.5 Å². The van der Waals surface area contributed by atoms with Crippen molar-refractivity contribution in [2.24, 2.45) is 11.5 Å². The van der Waals surface area contributed by atoms with Crippen LogP contribution < -0.4 is 21.5 Å². The Kier molecular flexibility index (Phi) is 4.87. The van der Waals surface area contributed by atoms with Crippen LogP contribution in [-0.2, 0) is 0 Å². The first-order valence-corrected chi connectivity index (χ1v) is 5.49. The average Bonchev–Trinajstić information content (AvgIpc) is 2.26. The summed E-state index contributed by atoms with van der Waals surface area (Å²) in [6.45, 7) is 1.14. The fourth-order valence-corrected chi connectivity index (χ4v) is 1.65. The van der Waals surface area contributed by atoms with Crippen molar-refractivity contribution in [3.63, 3.8) is 0 Å². The van der Waals surface area contributed by atoms with Crippen LogP contribution in [0.15, 0.2) is 22.7 Å². The van der Waals surface area contributed by atoms with E-state index >= 15 is 0 Å². The van der Waals surface area contributed by atoms with Gasteiger partial charge in [-0.05, 0) is 34.1 Å². The normalized spacial score (nSPS) is 12.3. The van der Waals surface area contributed by atoms with E-state index in [1.54, 1.807) is 7.11 Å². The molecule has 5 heteroatoms. The first kappa shape index (κ1) is 12.3. The molecule has 0 amide bonds. The summed E-state index contributed by atoms with van der Waals surface area (Å²) in [6, 6.07) is 5.75. The number of hydrogen-bond donors (Lipinski definition) is 3. The first-order chi connectivity index (χ1) is 7.17. The predicted octanol–water partition coefficient (Wildman–Crippen LogP) is 1.16. The van der Waals surface area contributed by atoms with Gasteiger partial charge in [0.25, 0.3) is 0 Å². The van der Waals surface area contributed by atoms with E-state index in [1.807, 2.05) is 18.2 Å². The highest BCUT2D eigenvalue weighted by atomic mass is 79.9. The summed E-state index contributed by atoms with van der Waals surface area (Å²) in [4.78, 5) is 0. The van der Waals surface area contributed by atoms with Gasteiger partial charge in [-0.15, -0.1) is 0 Å². The van der Waals surface area contributed by atoms with Crippen molar-refractivity contribution >= 4 is 21.6 Å². The van der Waals surface area contributed by atoms with Gasteiger partial charge >= 0.3 is 0 Å². The van der Waals surface area contributed by atoms with E-state index in [9.17, 15) is 0 Å². The number of methoxy groups -OCH3 is 1. The van der Waals surface area contributed by atoms with E-state index in [2.05, 4.69) is 21.2 Å². The first-order valence-electron chi connectivity index (χ1n) is 4.70. The molecule has 1 aromatic carbocycles. The zero-order chi connectivity index (χ0) is 11.3. The largest absolute Gasteiger partial charge is 0.496 e. The zero-order valence-corrected chi connectivity index (χ0v) is 10.3. The van der Waals surface area contributed by atoms with Crippen LogP contribution in [-0.4, -0.2) is 26.2 Å². The lowest BCUT2D eigenvalue weighted by molar-refractivity contribution is 0.412. The predicted molar refractivity (Wildman–Crippen MR) is 66.2 cm³/mol. The van der Waals surface area contributed by atoms with Gasteiger partial charge in [-0.1, -0.05) is 0 Å². The third-order valence-electron chi connectivity index (χ3n) is 2.02. The Morgan fingerprint density at radius 2 is 2.27 bits per heavy atom. The number of rotatable bonds is 5. The molecule has 0 saturated heterocycles. The Morgan fingerprint density at radius 3 is 2.80 bits per heavy atom. The molecule has 0 bridgehead atoms. The van der Waals surface area contributed by atoms with Crippen LogP contribution in [0.5, 0.6) is 5.75 Å². The Labute approximate surface area is 98.1 Å². The van der Waals surface area contributed by atoms with Crippen molar-refractivity contribution in [1.82, 2.24) is 0 Å². The maximum Gasteiger partial charge on any atom is 0.133 e. The van der Waals surface area contributed by atoms with Gasteiger partial charge in [0.2, 0.25) is 0 Å². The Morgan fingerprint density at radius 1 is 1.53 bits per heavy atom. The van der Waals surface area contributed by atoms with Crippen LogP contribution in [0.4, 0.5) is 5.69 Å². The number of benzene rings is 1. The quantitative estimate of drug-likeness (QED) is 0.753. The highest BCUT2D eigenvalue weighted by Crippen LogP contribution is 2.27. The fourth-order valence-electron chi connectivity index (χ4n) is 1.11. The summed E-state index contributed by atoms with van der Waals surface area (Å²) < 4.78 is 6.04. The van der Waals surface area contributed by atoms with Gasteiger partial charge in [0, 0.05) is 24.8 Å². The van der Waals surface area contributed by atoms with E-state index in [4.69, 9.17) is 16.2 Å². The lowest BCUT2D eigenvalue weighted by Crippen LogP contribution is -2.36. The molecule has 0 saturated carbocycles. The van der Waals surface area contributed by atoms with E-state index in [1.165, 1.54) is 0 Å². The molecule has 1 unspecified atom stereocenters. The molecular formula is C10H16BrN3O. The lowest BCUT2D eigenvalue weighted by Gasteiger charge is -2.12. The van der Waals surface area contributed by atoms with Crippen LogP contribution in [0.3, 0.4) is 0 Å². The highest BCUT2D eigenvalue weighted by Gasteiger charge is 2.02. The molecule has 84 valence electrons. The minimum absolute atomic E-state index is 0.0223. The summed E-state index contributed by atoms with van der Waals surface area (Å²) in [5, 5.41) is 3.20. The molecule has 0 spiro atoms. The molecule has 4 nitrogen and oxygen atoms in total. The third kappa shape index (κ3) is 3.70. The van der Waals surface area contributed by atoms with Gasteiger partial charge in [0.15, 0.2) is 0 Å². The maximum atomic E-state index is 5.69. The van der Waals surface area contributed by atoms with Gasteiger partial charge in [-0.3, -0.25) is 0 Å². The molecule has 0 fully saturated rings. The number of nitrogens with one attached hydrogen (secondary N) is 1. The van der Waals surface area contributed by atoms with Gasteiger partial charge in [-0.2, -0.15) is 0 Å². The standard InChI is InChI=1S/C10H16BrN3O/c1-15-10-3-2-8(4-9(10)11)14-6-7(13)5-12/h2-4,7,14H,5-6,12-13H2,1H3. The molecule has 0 aliphatic carbocycles. The molecule has 5 N–H and O–H groups in total. The summed E-state index contributed by atoms with van der Waals surface area (Å²) in [5.74, 6) is 0.809. The molecule has 0 aromatic heterocycles. The van der Waals surface area contributed by atoms with Crippen molar-refractivity contribution in [3.05, 3.63) is 22.7 Å². The van der Waals surface area contributed by atoms with Crippen LogP contribution in [0.1, 0.15) is 0 Å².